The second-order valence-electron chi connectivity index (χ2n) is 1.45. The van der Waals surface area contributed by atoms with Crippen molar-refractivity contribution in [2.75, 3.05) is 6.61 Å². The van der Waals surface area contributed by atoms with E-state index in [1.54, 1.807) is 0 Å². The van der Waals surface area contributed by atoms with Crippen LogP contribution in [0.3, 0.4) is 0 Å². The van der Waals surface area contributed by atoms with E-state index in [9.17, 15) is 9.90 Å². The maximum atomic E-state index is 9.54. The van der Waals surface area contributed by atoms with Crippen LogP contribution in [-0.4, -0.2) is 12.8 Å². The fourth-order valence-corrected chi connectivity index (χ4v) is 0.300. The lowest BCUT2D eigenvalue weighted by molar-refractivity contribution is -0.282. The molecule has 0 atom stereocenters. The molecule has 0 radical (unpaired) electrons. The van der Waals surface area contributed by atoms with Crippen LogP contribution in [-0.2, 0) is 4.74 Å². The fraction of sp³-hybridized carbons (Fsp3) is 0.800. The van der Waals surface area contributed by atoms with E-state index < -0.39 is 6.16 Å². The first kappa shape index (κ1) is 7.27. The van der Waals surface area contributed by atoms with Crippen LogP contribution < -0.4 is 5.11 Å². The van der Waals surface area contributed by atoms with Crippen LogP contribution >= 0.6 is 0 Å². The Labute approximate surface area is 48.3 Å². The molecular formula is C5H9O3-. The monoisotopic (exact) mass is 117 g/mol. The highest BCUT2D eigenvalue weighted by Crippen LogP contribution is 1.85. The van der Waals surface area contributed by atoms with Gasteiger partial charge in [-0.15, -0.1) is 0 Å². The van der Waals surface area contributed by atoms with E-state index in [-0.39, 0.29) is 6.61 Å². The zero-order valence-electron chi connectivity index (χ0n) is 4.85. The van der Waals surface area contributed by atoms with Crippen molar-refractivity contribution in [3.05, 3.63) is 0 Å². The molecule has 48 valence electrons. The van der Waals surface area contributed by atoms with E-state index in [0.717, 1.165) is 12.8 Å². The van der Waals surface area contributed by atoms with Gasteiger partial charge in [-0.05, 0) is 6.42 Å². The highest BCUT2D eigenvalue weighted by Gasteiger charge is 1.80. The van der Waals surface area contributed by atoms with Crippen molar-refractivity contribution in [1.82, 2.24) is 0 Å². The second kappa shape index (κ2) is 4.43. The lowest BCUT2D eigenvalue weighted by Crippen LogP contribution is -2.23. The molecule has 0 aromatic carbocycles. The van der Waals surface area contributed by atoms with Gasteiger partial charge in [0, 0.05) is 6.61 Å². The van der Waals surface area contributed by atoms with Crippen molar-refractivity contribution >= 4 is 6.16 Å². The Morgan fingerprint density at radius 2 is 2.38 bits per heavy atom. The molecule has 0 unspecified atom stereocenters. The predicted octanol–water partition coefficient (Wildman–Crippen LogP) is 0.146. The largest absolute Gasteiger partial charge is 0.550 e. The molecule has 3 heteroatoms. The first-order valence-corrected chi connectivity index (χ1v) is 2.61. The van der Waals surface area contributed by atoms with E-state index >= 15 is 0 Å². The average molecular weight is 117 g/mol. The Kier molecular flexibility index (Phi) is 4.03. The standard InChI is InChI=1S/C5H10O3/c1-2-3-4-8-5(6)7/h2-4H2,1H3,(H,6,7)/p-1. The van der Waals surface area contributed by atoms with Gasteiger partial charge in [0.25, 0.3) is 6.16 Å². The Morgan fingerprint density at radius 3 is 2.75 bits per heavy atom. The van der Waals surface area contributed by atoms with Crippen molar-refractivity contribution in [2.24, 2.45) is 0 Å². The van der Waals surface area contributed by atoms with Crippen LogP contribution in [0.25, 0.3) is 0 Å². The number of carboxylic acid groups (broad SMARTS) is 1. The van der Waals surface area contributed by atoms with Crippen molar-refractivity contribution in [1.29, 1.82) is 0 Å². The molecule has 0 rings (SSSR count). The summed E-state index contributed by atoms with van der Waals surface area (Å²) in [6.07, 6.45) is 0.278. The Bertz CT molecular complexity index is 70.1. The SMILES string of the molecule is CCCCOC(=O)[O-]. The van der Waals surface area contributed by atoms with Gasteiger partial charge in [0.2, 0.25) is 0 Å². The van der Waals surface area contributed by atoms with Gasteiger partial charge in [-0.2, -0.15) is 0 Å². The van der Waals surface area contributed by atoms with E-state index in [2.05, 4.69) is 4.74 Å². The quantitative estimate of drug-likeness (QED) is 0.390. The zero-order valence-corrected chi connectivity index (χ0v) is 4.85. The summed E-state index contributed by atoms with van der Waals surface area (Å²) in [4.78, 5) is 9.54. The van der Waals surface area contributed by atoms with Crippen LogP contribution in [0, 0.1) is 0 Å². The molecule has 0 bridgehead atoms. The summed E-state index contributed by atoms with van der Waals surface area (Å²) in [5.74, 6) is 0. The Hall–Kier alpha value is -0.730. The minimum absolute atomic E-state index is 0.263. The number of carbonyl (C=O) groups excluding carboxylic acids is 1. The molecule has 0 saturated heterocycles. The molecular weight excluding hydrogens is 108 g/mol. The summed E-state index contributed by atoms with van der Waals surface area (Å²) >= 11 is 0. The Balaban J connectivity index is 2.82. The van der Waals surface area contributed by atoms with Crippen molar-refractivity contribution in [3.8, 4) is 0 Å². The first-order valence-electron chi connectivity index (χ1n) is 2.61. The normalized spacial score (nSPS) is 8.62. The van der Waals surface area contributed by atoms with E-state index in [1.807, 2.05) is 6.92 Å². The van der Waals surface area contributed by atoms with Gasteiger partial charge in [0.05, 0.1) is 0 Å². The second-order valence-corrected chi connectivity index (χ2v) is 1.45. The van der Waals surface area contributed by atoms with Gasteiger partial charge in [-0.25, -0.2) is 0 Å². The molecule has 8 heavy (non-hydrogen) atoms. The fourth-order valence-electron chi connectivity index (χ4n) is 0.300. The predicted molar refractivity (Wildman–Crippen MR) is 26.3 cm³/mol. The maximum Gasteiger partial charge on any atom is 0.251 e. The van der Waals surface area contributed by atoms with E-state index in [4.69, 9.17) is 0 Å². The molecule has 0 heterocycles. The van der Waals surface area contributed by atoms with E-state index in [1.165, 1.54) is 0 Å². The number of hydrogen-bond acceptors (Lipinski definition) is 3. The highest BCUT2D eigenvalue weighted by atomic mass is 16.7. The summed E-state index contributed by atoms with van der Waals surface area (Å²) in [7, 11) is 0. The minimum Gasteiger partial charge on any atom is -0.550 e. The van der Waals surface area contributed by atoms with Gasteiger partial charge >= 0.3 is 0 Å². The van der Waals surface area contributed by atoms with Crippen LogP contribution in [0.5, 0.6) is 0 Å². The van der Waals surface area contributed by atoms with Gasteiger partial charge in [-0.3, -0.25) is 0 Å². The van der Waals surface area contributed by atoms with Crippen LogP contribution in [0.1, 0.15) is 19.8 Å². The molecule has 0 aliphatic rings. The highest BCUT2D eigenvalue weighted by molar-refractivity contribution is 5.53. The summed E-state index contributed by atoms with van der Waals surface area (Å²) in [6, 6.07) is 0. The lowest BCUT2D eigenvalue weighted by Gasteiger charge is -2.04. The molecule has 0 aliphatic carbocycles. The summed E-state index contributed by atoms with van der Waals surface area (Å²) in [6.45, 7) is 2.22. The minimum atomic E-state index is -1.43. The van der Waals surface area contributed by atoms with Gasteiger partial charge in [0.1, 0.15) is 0 Å². The van der Waals surface area contributed by atoms with Gasteiger partial charge in [-0.1, -0.05) is 13.3 Å². The number of rotatable bonds is 3. The zero-order chi connectivity index (χ0) is 6.41. The summed E-state index contributed by atoms with van der Waals surface area (Å²) in [5.41, 5.74) is 0. The van der Waals surface area contributed by atoms with Crippen LogP contribution in [0.15, 0.2) is 0 Å². The molecule has 0 N–H and O–H groups in total. The van der Waals surface area contributed by atoms with Gasteiger partial charge < -0.3 is 14.6 Å². The topological polar surface area (TPSA) is 49.4 Å². The molecule has 0 aromatic rings. The molecule has 0 aromatic heterocycles. The smallest absolute Gasteiger partial charge is 0.251 e. The molecule has 0 aliphatic heterocycles. The third kappa shape index (κ3) is 5.27. The van der Waals surface area contributed by atoms with Crippen molar-refractivity contribution < 1.29 is 14.6 Å². The third-order valence-electron chi connectivity index (χ3n) is 0.718. The molecule has 0 fully saturated rings. The third-order valence-corrected chi connectivity index (χ3v) is 0.718. The molecule has 3 nitrogen and oxygen atoms in total. The summed E-state index contributed by atoms with van der Waals surface area (Å²) in [5, 5.41) is 9.54. The van der Waals surface area contributed by atoms with Crippen LogP contribution in [0.4, 0.5) is 4.79 Å². The Morgan fingerprint density at radius 1 is 1.75 bits per heavy atom. The number of carbonyl (C=O) groups is 1. The average Bonchev–Trinajstić information content (AvgIpc) is 1.66. The number of hydrogen-bond donors (Lipinski definition) is 0. The molecule has 0 spiro atoms. The lowest BCUT2D eigenvalue weighted by atomic mass is 10.4. The first-order chi connectivity index (χ1) is 3.77. The number of ether oxygens (including phenoxy) is 1. The molecule has 0 saturated carbocycles. The van der Waals surface area contributed by atoms with Crippen molar-refractivity contribution in [3.63, 3.8) is 0 Å². The molecule has 0 amide bonds. The van der Waals surface area contributed by atoms with Crippen molar-refractivity contribution in [2.45, 2.75) is 19.8 Å². The maximum absolute atomic E-state index is 9.54. The summed E-state index contributed by atoms with van der Waals surface area (Å²) < 4.78 is 4.09. The number of unbranched alkanes of at least 4 members (excludes halogenated alkanes) is 1. The van der Waals surface area contributed by atoms with E-state index in [0.29, 0.717) is 0 Å². The van der Waals surface area contributed by atoms with Crippen LogP contribution in [0.2, 0.25) is 0 Å². The van der Waals surface area contributed by atoms with Gasteiger partial charge in [0.15, 0.2) is 0 Å².